The van der Waals surface area contributed by atoms with Gasteiger partial charge in [0, 0.05) is 24.0 Å². The van der Waals surface area contributed by atoms with Gasteiger partial charge in [-0.1, -0.05) is 28.1 Å². The highest BCUT2D eigenvalue weighted by Gasteiger charge is 2.35. The highest BCUT2D eigenvalue weighted by Crippen LogP contribution is 2.26. The van der Waals surface area contributed by atoms with Crippen molar-refractivity contribution in [3.05, 3.63) is 69.2 Å². The number of imide groups is 1. The lowest BCUT2D eigenvalue weighted by Crippen LogP contribution is -2.32. The van der Waals surface area contributed by atoms with Crippen LogP contribution in [0.1, 0.15) is 49.5 Å². The van der Waals surface area contributed by atoms with Crippen LogP contribution in [0, 0.1) is 0 Å². The molecule has 2 aromatic rings. The highest BCUT2D eigenvalue weighted by molar-refractivity contribution is 9.10. The number of rotatable bonds is 7. The molecule has 0 fully saturated rings. The molecule has 0 aromatic heterocycles. The average molecular weight is 459 g/mol. The van der Waals surface area contributed by atoms with Crippen LogP contribution in [-0.4, -0.2) is 42.2 Å². The number of amides is 3. The van der Waals surface area contributed by atoms with E-state index in [0.717, 1.165) is 10.0 Å². The summed E-state index contributed by atoms with van der Waals surface area (Å²) in [5.74, 6) is -1.26. The number of esters is 1. The fourth-order valence-corrected chi connectivity index (χ4v) is 3.39. The third kappa shape index (κ3) is 4.71. The summed E-state index contributed by atoms with van der Waals surface area (Å²) in [6, 6.07) is 11.7. The molecule has 150 valence electrons. The van der Waals surface area contributed by atoms with Gasteiger partial charge >= 0.3 is 5.97 Å². The first-order chi connectivity index (χ1) is 13.9. The Hall–Kier alpha value is -3.00. The van der Waals surface area contributed by atoms with Crippen LogP contribution in [0.3, 0.4) is 0 Å². The number of benzene rings is 2. The zero-order valence-corrected chi connectivity index (χ0v) is 17.3. The Labute approximate surface area is 176 Å². The molecule has 29 heavy (non-hydrogen) atoms. The van der Waals surface area contributed by atoms with Crippen LogP contribution in [0.2, 0.25) is 0 Å². The molecule has 0 bridgehead atoms. The van der Waals surface area contributed by atoms with E-state index in [1.165, 1.54) is 12.0 Å². The van der Waals surface area contributed by atoms with Gasteiger partial charge < -0.3 is 10.1 Å². The smallest absolute Gasteiger partial charge is 0.337 e. The molecule has 0 unspecified atom stereocenters. The number of halogens is 1. The van der Waals surface area contributed by atoms with Crippen LogP contribution >= 0.6 is 15.9 Å². The van der Waals surface area contributed by atoms with E-state index in [0.29, 0.717) is 29.7 Å². The van der Waals surface area contributed by atoms with Crippen LogP contribution < -0.4 is 5.32 Å². The molecular weight excluding hydrogens is 440 g/mol. The van der Waals surface area contributed by atoms with E-state index in [2.05, 4.69) is 26.0 Å². The van der Waals surface area contributed by atoms with E-state index in [9.17, 15) is 19.2 Å². The summed E-state index contributed by atoms with van der Waals surface area (Å²) in [6.07, 6.45) is 0.567. The van der Waals surface area contributed by atoms with E-state index in [4.69, 9.17) is 0 Å². The molecule has 0 radical (unpaired) electrons. The Morgan fingerprint density at radius 1 is 1.03 bits per heavy atom. The van der Waals surface area contributed by atoms with E-state index < -0.39 is 5.97 Å². The Kier molecular flexibility index (Phi) is 6.43. The normalized spacial score (nSPS) is 12.7. The lowest BCUT2D eigenvalue weighted by atomic mass is 10.1. The molecule has 0 aliphatic carbocycles. The highest BCUT2D eigenvalue weighted by atomic mass is 79.9. The van der Waals surface area contributed by atoms with E-state index >= 15 is 0 Å². The predicted molar refractivity (Wildman–Crippen MR) is 108 cm³/mol. The minimum absolute atomic E-state index is 0.179. The van der Waals surface area contributed by atoms with Crippen LogP contribution in [0.5, 0.6) is 0 Å². The number of ether oxygens (including phenoxy) is 1. The number of carbonyl (C=O) groups excluding carboxylic acids is 4. The van der Waals surface area contributed by atoms with Gasteiger partial charge in [0.1, 0.15) is 0 Å². The van der Waals surface area contributed by atoms with Crippen LogP contribution in [0.25, 0.3) is 0 Å². The van der Waals surface area contributed by atoms with Gasteiger partial charge in [0.2, 0.25) is 5.91 Å². The van der Waals surface area contributed by atoms with Crippen LogP contribution in [0.4, 0.5) is 0 Å². The van der Waals surface area contributed by atoms with Gasteiger partial charge in [-0.3, -0.25) is 19.3 Å². The monoisotopic (exact) mass is 458 g/mol. The van der Waals surface area contributed by atoms with Crippen molar-refractivity contribution in [1.82, 2.24) is 10.2 Å². The predicted octanol–water partition coefficient (Wildman–Crippen LogP) is 2.93. The van der Waals surface area contributed by atoms with Crippen molar-refractivity contribution in [2.75, 3.05) is 13.7 Å². The average Bonchev–Trinajstić information content (AvgIpc) is 2.96. The van der Waals surface area contributed by atoms with Gasteiger partial charge in [-0.25, -0.2) is 4.79 Å². The second-order valence-electron chi connectivity index (χ2n) is 6.52. The molecule has 3 amide bonds. The van der Waals surface area contributed by atoms with E-state index in [1.54, 1.807) is 42.5 Å². The fraction of sp³-hybridized carbons (Fsp3) is 0.238. The molecule has 8 heteroatoms. The Morgan fingerprint density at radius 2 is 1.72 bits per heavy atom. The van der Waals surface area contributed by atoms with E-state index in [-0.39, 0.29) is 30.7 Å². The summed E-state index contributed by atoms with van der Waals surface area (Å²) in [4.78, 5) is 49.4. The first-order valence-electron chi connectivity index (χ1n) is 9.00. The molecule has 1 N–H and O–H groups in total. The zero-order valence-electron chi connectivity index (χ0n) is 15.7. The Morgan fingerprint density at radius 3 is 2.41 bits per heavy atom. The largest absolute Gasteiger partial charge is 0.465 e. The van der Waals surface area contributed by atoms with Crippen LogP contribution in [0.15, 0.2) is 46.9 Å². The van der Waals surface area contributed by atoms with Crippen molar-refractivity contribution in [2.45, 2.75) is 19.4 Å². The summed E-state index contributed by atoms with van der Waals surface area (Å²) in [5, 5.41) is 2.78. The maximum absolute atomic E-state index is 12.4. The summed E-state index contributed by atoms with van der Waals surface area (Å²) >= 11 is 3.30. The number of hydrogen-bond acceptors (Lipinski definition) is 5. The molecule has 3 rings (SSSR count). The molecular formula is C21H19BrN2O5. The maximum Gasteiger partial charge on any atom is 0.337 e. The minimum Gasteiger partial charge on any atom is -0.465 e. The van der Waals surface area contributed by atoms with Gasteiger partial charge in [-0.2, -0.15) is 0 Å². The van der Waals surface area contributed by atoms with Gasteiger partial charge in [-0.05, 0) is 42.3 Å². The fourth-order valence-electron chi connectivity index (χ4n) is 3.03. The second-order valence-corrected chi connectivity index (χ2v) is 7.44. The van der Waals surface area contributed by atoms with Crippen LogP contribution in [-0.2, 0) is 16.1 Å². The molecule has 7 nitrogen and oxygen atoms in total. The van der Waals surface area contributed by atoms with Crippen molar-refractivity contribution >= 4 is 39.6 Å². The standard InChI is InChI=1S/C21H19BrN2O5/c1-29-21(28)14-6-4-13(5-7-14)12-23-18(25)3-2-10-24-19(26)16-9-8-15(22)11-17(16)20(24)27/h4-9,11H,2-3,10,12H2,1H3,(H,23,25). The molecule has 0 spiro atoms. The lowest BCUT2D eigenvalue weighted by molar-refractivity contribution is -0.121. The van der Waals surface area contributed by atoms with Crippen molar-refractivity contribution in [3.8, 4) is 0 Å². The number of nitrogens with one attached hydrogen (secondary N) is 1. The van der Waals surface area contributed by atoms with Crippen molar-refractivity contribution in [3.63, 3.8) is 0 Å². The molecule has 2 aromatic carbocycles. The zero-order chi connectivity index (χ0) is 21.0. The summed E-state index contributed by atoms with van der Waals surface area (Å²) in [6.45, 7) is 0.506. The lowest BCUT2D eigenvalue weighted by Gasteiger charge is -2.13. The topological polar surface area (TPSA) is 92.8 Å². The Balaban J connectivity index is 1.45. The molecule has 1 aliphatic rings. The quantitative estimate of drug-likeness (QED) is 0.508. The SMILES string of the molecule is COC(=O)c1ccc(CNC(=O)CCCN2C(=O)c3ccc(Br)cc3C2=O)cc1. The summed E-state index contributed by atoms with van der Waals surface area (Å²) < 4.78 is 5.37. The van der Waals surface area contributed by atoms with Crippen molar-refractivity contribution in [2.24, 2.45) is 0 Å². The minimum atomic E-state index is -0.416. The number of carbonyl (C=O) groups is 4. The molecule has 0 atom stereocenters. The summed E-state index contributed by atoms with van der Waals surface area (Å²) in [7, 11) is 1.32. The maximum atomic E-state index is 12.4. The number of hydrogen-bond donors (Lipinski definition) is 1. The molecule has 0 saturated carbocycles. The number of methoxy groups -OCH3 is 1. The first kappa shape index (κ1) is 20.7. The van der Waals surface area contributed by atoms with Crippen molar-refractivity contribution < 1.29 is 23.9 Å². The number of fused-ring (bicyclic) bond motifs is 1. The molecule has 0 saturated heterocycles. The summed E-state index contributed by atoms with van der Waals surface area (Å²) in [5.41, 5.74) is 2.05. The third-order valence-corrected chi connectivity index (χ3v) is 5.08. The van der Waals surface area contributed by atoms with E-state index in [1.807, 2.05) is 0 Å². The molecule has 1 aliphatic heterocycles. The Bertz CT molecular complexity index is 972. The molecule has 1 heterocycles. The second kappa shape index (κ2) is 9.00. The van der Waals surface area contributed by atoms with Gasteiger partial charge in [0.25, 0.3) is 11.8 Å². The number of nitrogens with zero attached hydrogens (tertiary/aromatic N) is 1. The van der Waals surface area contributed by atoms with Gasteiger partial charge in [-0.15, -0.1) is 0 Å². The van der Waals surface area contributed by atoms with Crippen molar-refractivity contribution in [1.29, 1.82) is 0 Å². The van der Waals surface area contributed by atoms with Gasteiger partial charge in [0.05, 0.1) is 23.8 Å². The first-order valence-corrected chi connectivity index (χ1v) is 9.79. The van der Waals surface area contributed by atoms with Gasteiger partial charge in [0.15, 0.2) is 0 Å². The third-order valence-electron chi connectivity index (χ3n) is 4.58.